The fraction of sp³-hybridized carbons (Fsp3) is 0.250. The molecule has 0 bridgehead atoms. The van der Waals surface area contributed by atoms with Gasteiger partial charge < -0.3 is 23.8 Å². The molecular formula is C36H36N4O5. The molecule has 0 fully saturated rings. The largest absolute Gasteiger partial charge is 0.496 e. The quantitative estimate of drug-likeness (QED) is 0.172. The van der Waals surface area contributed by atoms with Crippen LogP contribution in [-0.4, -0.2) is 43.9 Å². The molecule has 230 valence electrons. The number of benzene rings is 4. The average Bonchev–Trinajstić information content (AvgIpc) is 3.51. The summed E-state index contributed by atoms with van der Waals surface area (Å²) in [5.41, 5.74) is 5.70. The number of hydrogen-bond acceptors (Lipinski definition) is 8. The first-order chi connectivity index (χ1) is 21.7. The van der Waals surface area contributed by atoms with Crippen molar-refractivity contribution in [3.63, 3.8) is 0 Å². The number of ether oxygens (including phenoxy) is 4. The van der Waals surface area contributed by atoms with Gasteiger partial charge in [0.2, 0.25) is 6.79 Å². The van der Waals surface area contributed by atoms with Crippen LogP contribution < -0.4 is 29.4 Å². The van der Waals surface area contributed by atoms with Crippen molar-refractivity contribution in [2.75, 3.05) is 32.9 Å². The van der Waals surface area contributed by atoms with Gasteiger partial charge in [-0.1, -0.05) is 32.0 Å². The van der Waals surface area contributed by atoms with Crippen LogP contribution in [-0.2, 0) is 6.61 Å². The molecule has 0 saturated heterocycles. The molecule has 0 aliphatic carbocycles. The molecule has 9 heteroatoms. The Morgan fingerprint density at radius 2 is 1.80 bits per heavy atom. The predicted molar refractivity (Wildman–Crippen MR) is 177 cm³/mol. The third kappa shape index (κ3) is 5.93. The van der Waals surface area contributed by atoms with Crippen molar-refractivity contribution in [2.24, 2.45) is 5.10 Å². The van der Waals surface area contributed by atoms with Crippen molar-refractivity contribution in [2.45, 2.75) is 33.3 Å². The van der Waals surface area contributed by atoms with Crippen LogP contribution in [0.5, 0.6) is 23.0 Å². The minimum atomic E-state index is -0.263. The smallest absolute Gasteiger partial charge is 0.282 e. The Hall–Kier alpha value is -5.31. The summed E-state index contributed by atoms with van der Waals surface area (Å²) in [6.07, 6.45) is 1.65. The molecule has 1 aromatic heterocycles. The highest BCUT2D eigenvalue weighted by Crippen LogP contribution is 2.35. The minimum absolute atomic E-state index is 0.197. The molecule has 1 aliphatic heterocycles. The van der Waals surface area contributed by atoms with Crippen molar-refractivity contribution < 1.29 is 18.9 Å². The van der Waals surface area contributed by atoms with Crippen LogP contribution in [0, 0.1) is 6.92 Å². The Bertz CT molecular complexity index is 1980. The summed E-state index contributed by atoms with van der Waals surface area (Å²) in [5, 5.41) is 5.24. The van der Waals surface area contributed by atoms with Crippen LogP contribution >= 0.6 is 0 Å². The van der Waals surface area contributed by atoms with Gasteiger partial charge >= 0.3 is 0 Å². The zero-order valence-electron chi connectivity index (χ0n) is 26.3. The Labute approximate surface area is 262 Å². The van der Waals surface area contributed by atoms with Gasteiger partial charge in [0.1, 0.15) is 18.1 Å². The number of rotatable bonds is 9. The van der Waals surface area contributed by atoms with E-state index in [1.165, 1.54) is 4.68 Å². The maximum Gasteiger partial charge on any atom is 0.282 e. The van der Waals surface area contributed by atoms with Crippen LogP contribution in [0.25, 0.3) is 22.3 Å². The fourth-order valence-electron chi connectivity index (χ4n) is 5.32. The zero-order chi connectivity index (χ0) is 31.7. The molecule has 0 atom stereocenters. The summed E-state index contributed by atoms with van der Waals surface area (Å²) in [5.74, 6) is 3.49. The van der Waals surface area contributed by atoms with E-state index in [9.17, 15) is 4.79 Å². The first-order valence-electron chi connectivity index (χ1n) is 14.8. The highest BCUT2D eigenvalue weighted by molar-refractivity contribution is 5.86. The Morgan fingerprint density at radius 1 is 1.00 bits per heavy atom. The molecule has 0 radical (unpaired) electrons. The predicted octanol–water partition coefficient (Wildman–Crippen LogP) is 6.76. The van der Waals surface area contributed by atoms with Gasteiger partial charge in [-0.15, -0.1) is 0 Å². The number of anilines is 1. The zero-order valence-corrected chi connectivity index (χ0v) is 26.3. The van der Waals surface area contributed by atoms with E-state index < -0.39 is 0 Å². The Morgan fingerprint density at radius 3 is 2.58 bits per heavy atom. The highest BCUT2D eigenvalue weighted by atomic mass is 16.7. The van der Waals surface area contributed by atoms with Crippen molar-refractivity contribution in [1.29, 1.82) is 0 Å². The molecule has 0 saturated carbocycles. The number of para-hydroxylation sites is 1. The lowest BCUT2D eigenvalue weighted by Gasteiger charge is -2.18. The standard InChI is InChI=1S/C36H36N4O5/c1-22(2)28-18-29(23(3)15-33(28)42-6)35-38-30-10-8-7-9-27(30)36(41)40(35)37-19-25-12-13-26(39(4)5)17-32(25)43-20-24-11-14-31-34(16-24)45-21-44-31/h7-19,22H,20-21H2,1-6H3. The van der Waals surface area contributed by atoms with Gasteiger partial charge in [-0.25, -0.2) is 4.98 Å². The minimum Gasteiger partial charge on any atom is -0.496 e. The SMILES string of the molecule is COc1cc(C)c(-c2nc3ccccc3c(=O)n2N=Cc2ccc(N(C)C)cc2OCc2ccc3c(c2)OCO3)cc1C(C)C. The average molecular weight is 605 g/mol. The first kappa shape index (κ1) is 29.7. The molecule has 0 amide bonds. The van der Waals surface area contributed by atoms with Crippen LogP contribution in [0.2, 0.25) is 0 Å². The fourth-order valence-corrected chi connectivity index (χ4v) is 5.32. The first-order valence-corrected chi connectivity index (χ1v) is 14.8. The van der Waals surface area contributed by atoms with E-state index in [4.69, 9.17) is 29.0 Å². The molecule has 9 nitrogen and oxygen atoms in total. The van der Waals surface area contributed by atoms with Gasteiger partial charge in [-0.05, 0) is 78.1 Å². The van der Waals surface area contributed by atoms with Crippen LogP contribution in [0.15, 0.2) is 82.7 Å². The molecule has 0 spiro atoms. The molecule has 0 unspecified atom stereocenters. The van der Waals surface area contributed by atoms with E-state index in [1.54, 1.807) is 19.4 Å². The molecule has 6 rings (SSSR count). The lowest BCUT2D eigenvalue weighted by molar-refractivity contribution is 0.174. The van der Waals surface area contributed by atoms with Gasteiger partial charge in [0.15, 0.2) is 17.3 Å². The van der Waals surface area contributed by atoms with Gasteiger partial charge in [0, 0.05) is 37.0 Å². The van der Waals surface area contributed by atoms with E-state index in [0.29, 0.717) is 40.4 Å². The summed E-state index contributed by atoms with van der Waals surface area (Å²) in [6, 6.07) is 23.0. The monoisotopic (exact) mass is 604 g/mol. The second-order valence-corrected chi connectivity index (χ2v) is 11.5. The highest BCUT2D eigenvalue weighted by Gasteiger charge is 2.19. The number of methoxy groups -OCH3 is 1. The maximum absolute atomic E-state index is 14.0. The topological polar surface area (TPSA) is 87.4 Å². The lowest BCUT2D eigenvalue weighted by atomic mass is 9.96. The Kier molecular flexibility index (Phi) is 8.17. The Balaban J connectivity index is 1.44. The summed E-state index contributed by atoms with van der Waals surface area (Å²) < 4.78 is 24.4. The molecule has 4 aromatic carbocycles. The molecule has 45 heavy (non-hydrogen) atoms. The van der Waals surface area contributed by atoms with Crippen LogP contribution in [0.3, 0.4) is 0 Å². The van der Waals surface area contributed by atoms with Crippen molar-refractivity contribution >= 4 is 22.8 Å². The number of hydrogen-bond donors (Lipinski definition) is 0. The second-order valence-electron chi connectivity index (χ2n) is 11.5. The van der Waals surface area contributed by atoms with E-state index in [1.807, 2.05) is 92.6 Å². The molecule has 1 aliphatic rings. The number of fused-ring (bicyclic) bond motifs is 2. The third-order valence-corrected chi connectivity index (χ3v) is 7.85. The molecule has 0 N–H and O–H groups in total. The van der Waals surface area contributed by atoms with Crippen LogP contribution in [0.1, 0.15) is 42.0 Å². The van der Waals surface area contributed by atoms with Gasteiger partial charge in [-0.2, -0.15) is 9.78 Å². The van der Waals surface area contributed by atoms with Gasteiger partial charge in [0.05, 0.1) is 24.2 Å². The normalized spacial score (nSPS) is 12.3. The van der Waals surface area contributed by atoms with Crippen molar-refractivity contribution in [1.82, 2.24) is 9.66 Å². The lowest BCUT2D eigenvalue weighted by Crippen LogP contribution is -2.21. The summed E-state index contributed by atoms with van der Waals surface area (Å²) in [6.45, 7) is 6.72. The molecule has 2 heterocycles. The van der Waals surface area contributed by atoms with Crippen LogP contribution in [0.4, 0.5) is 5.69 Å². The van der Waals surface area contributed by atoms with Crippen molar-refractivity contribution in [3.05, 3.63) is 105 Å². The summed E-state index contributed by atoms with van der Waals surface area (Å²) in [7, 11) is 5.61. The van der Waals surface area contributed by atoms with E-state index in [-0.39, 0.29) is 18.3 Å². The van der Waals surface area contributed by atoms with E-state index in [0.717, 1.165) is 39.4 Å². The van der Waals surface area contributed by atoms with Gasteiger partial charge in [0.25, 0.3) is 5.56 Å². The third-order valence-electron chi connectivity index (χ3n) is 7.85. The maximum atomic E-state index is 14.0. The molecular weight excluding hydrogens is 568 g/mol. The second kappa shape index (κ2) is 12.4. The number of aromatic nitrogens is 2. The van der Waals surface area contributed by atoms with Crippen molar-refractivity contribution in [3.8, 4) is 34.4 Å². The van der Waals surface area contributed by atoms with E-state index in [2.05, 4.69) is 13.8 Å². The number of nitrogens with zero attached hydrogens (tertiary/aromatic N) is 4. The van der Waals surface area contributed by atoms with Gasteiger partial charge in [-0.3, -0.25) is 4.79 Å². The summed E-state index contributed by atoms with van der Waals surface area (Å²) in [4.78, 5) is 20.9. The van der Waals surface area contributed by atoms with E-state index >= 15 is 0 Å². The summed E-state index contributed by atoms with van der Waals surface area (Å²) >= 11 is 0. The number of aryl methyl sites for hydroxylation is 1. The molecule has 5 aromatic rings.